The van der Waals surface area contributed by atoms with Crippen molar-refractivity contribution in [3.63, 3.8) is 0 Å². The van der Waals surface area contributed by atoms with Crippen LogP contribution in [0.25, 0.3) is 0 Å². The molecule has 8 nitrogen and oxygen atoms in total. The van der Waals surface area contributed by atoms with Crippen molar-refractivity contribution < 1.29 is 19.0 Å². The average molecular weight is 534 g/mol. The Kier molecular flexibility index (Phi) is 13.2. The molecule has 1 saturated heterocycles. The summed E-state index contributed by atoms with van der Waals surface area (Å²) in [6.07, 6.45) is 0.622. The van der Waals surface area contributed by atoms with Crippen LogP contribution in [-0.4, -0.2) is 81.4 Å². The highest BCUT2D eigenvalue weighted by Gasteiger charge is 2.23. The first-order valence-electron chi connectivity index (χ1n) is 10.3. The van der Waals surface area contributed by atoms with Crippen molar-refractivity contribution in [3.05, 3.63) is 29.8 Å². The molecule has 1 heterocycles. The number of carbonyl (C=O) groups is 1. The number of aliphatic imine (C=N–C) groups is 1. The van der Waals surface area contributed by atoms with E-state index >= 15 is 0 Å². The van der Waals surface area contributed by atoms with Gasteiger partial charge in [0.1, 0.15) is 5.75 Å². The molecule has 0 radical (unpaired) electrons. The molecule has 1 N–H and O–H groups in total. The predicted octanol–water partition coefficient (Wildman–Crippen LogP) is 2.96. The average Bonchev–Trinajstić information content (AvgIpc) is 2.76. The van der Waals surface area contributed by atoms with Crippen molar-refractivity contribution in [1.82, 2.24) is 15.1 Å². The largest absolute Gasteiger partial charge is 0.497 e. The van der Waals surface area contributed by atoms with Gasteiger partial charge in [-0.2, -0.15) is 0 Å². The Morgan fingerprint density at radius 1 is 1.10 bits per heavy atom. The lowest BCUT2D eigenvalue weighted by molar-refractivity contribution is 0.0914. The van der Waals surface area contributed by atoms with Gasteiger partial charge in [-0.05, 0) is 38.0 Å². The van der Waals surface area contributed by atoms with E-state index in [1.165, 1.54) is 0 Å². The summed E-state index contributed by atoms with van der Waals surface area (Å²) in [5.74, 6) is 1.74. The number of rotatable bonds is 9. The van der Waals surface area contributed by atoms with Crippen molar-refractivity contribution in [2.45, 2.75) is 26.9 Å². The topological polar surface area (TPSA) is 75.6 Å². The molecular formula is C21H35IN4O4. The van der Waals surface area contributed by atoms with Gasteiger partial charge in [0.25, 0.3) is 0 Å². The van der Waals surface area contributed by atoms with Gasteiger partial charge in [0.2, 0.25) is 0 Å². The lowest BCUT2D eigenvalue weighted by Crippen LogP contribution is -2.53. The molecule has 0 aromatic heterocycles. The Bertz CT molecular complexity index is 634. The normalized spacial score (nSPS) is 14.2. The molecule has 1 fully saturated rings. The molecule has 0 spiro atoms. The highest BCUT2D eigenvalue weighted by Crippen LogP contribution is 2.12. The standard InChI is InChI=1S/C21H34N4O4.HI/c1-4-22-20(24-12-14-25(15-13-24)21(26)29-5-2)23-11-6-16-28-17-18-7-9-19(27-3)10-8-18;/h7-10H,4-6,11-17H2,1-3H3,(H,22,23);1H. The van der Waals surface area contributed by atoms with E-state index in [0.29, 0.717) is 39.5 Å². The summed E-state index contributed by atoms with van der Waals surface area (Å²) in [5.41, 5.74) is 1.13. The number of methoxy groups -OCH3 is 1. The minimum atomic E-state index is -0.233. The van der Waals surface area contributed by atoms with Crippen LogP contribution in [0.1, 0.15) is 25.8 Å². The lowest BCUT2D eigenvalue weighted by atomic mass is 10.2. The third-order valence-electron chi connectivity index (χ3n) is 4.58. The van der Waals surface area contributed by atoms with E-state index in [-0.39, 0.29) is 30.1 Å². The monoisotopic (exact) mass is 534 g/mol. The summed E-state index contributed by atoms with van der Waals surface area (Å²) in [6, 6.07) is 7.90. The van der Waals surface area contributed by atoms with Crippen molar-refractivity contribution in [1.29, 1.82) is 0 Å². The zero-order chi connectivity index (χ0) is 20.9. The molecule has 0 unspecified atom stereocenters. The molecule has 0 atom stereocenters. The number of nitrogens with one attached hydrogen (secondary N) is 1. The Morgan fingerprint density at radius 2 is 1.77 bits per heavy atom. The number of ether oxygens (including phenoxy) is 3. The molecule has 9 heteroatoms. The number of carbonyl (C=O) groups excluding carboxylic acids is 1. The number of nitrogens with zero attached hydrogens (tertiary/aromatic N) is 3. The Hall–Kier alpha value is -1.75. The molecule has 1 aromatic rings. The van der Waals surface area contributed by atoms with E-state index in [0.717, 1.165) is 43.3 Å². The summed E-state index contributed by atoms with van der Waals surface area (Å²) >= 11 is 0. The second-order valence-corrected chi connectivity index (χ2v) is 6.66. The third-order valence-corrected chi connectivity index (χ3v) is 4.58. The SMILES string of the molecule is CCNC(=NCCCOCc1ccc(OC)cc1)N1CCN(C(=O)OCC)CC1.I. The molecule has 1 aromatic carbocycles. The third kappa shape index (κ3) is 8.95. The summed E-state index contributed by atoms with van der Waals surface area (Å²) < 4.78 is 16.0. The lowest BCUT2D eigenvalue weighted by Gasteiger charge is -2.35. The van der Waals surface area contributed by atoms with Crippen LogP contribution in [0.4, 0.5) is 4.79 Å². The highest BCUT2D eigenvalue weighted by atomic mass is 127. The number of benzene rings is 1. The van der Waals surface area contributed by atoms with E-state index < -0.39 is 0 Å². The fourth-order valence-corrected chi connectivity index (χ4v) is 3.00. The molecule has 1 aliphatic rings. The minimum absolute atomic E-state index is 0. The zero-order valence-electron chi connectivity index (χ0n) is 18.3. The molecule has 170 valence electrons. The highest BCUT2D eigenvalue weighted by molar-refractivity contribution is 14.0. The Morgan fingerprint density at radius 3 is 2.37 bits per heavy atom. The molecular weight excluding hydrogens is 499 g/mol. The van der Waals surface area contributed by atoms with Crippen molar-refractivity contribution in [2.24, 2.45) is 4.99 Å². The quantitative estimate of drug-likeness (QED) is 0.227. The van der Waals surface area contributed by atoms with Gasteiger partial charge in [0, 0.05) is 45.9 Å². The second-order valence-electron chi connectivity index (χ2n) is 6.66. The number of hydrogen-bond acceptors (Lipinski definition) is 5. The van der Waals surface area contributed by atoms with Crippen LogP contribution in [0.15, 0.2) is 29.3 Å². The van der Waals surface area contributed by atoms with E-state index in [4.69, 9.17) is 19.2 Å². The number of piperazine rings is 1. The van der Waals surface area contributed by atoms with Crippen LogP contribution in [0, 0.1) is 0 Å². The number of amides is 1. The van der Waals surface area contributed by atoms with Gasteiger partial charge in [0.05, 0.1) is 20.3 Å². The number of guanidine groups is 1. The molecule has 0 bridgehead atoms. The van der Waals surface area contributed by atoms with Crippen LogP contribution in [0.2, 0.25) is 0 Å². The first-order valence-corrected chi connectivity index (χ1v) is 10.3. The smallest absolute Gasteiger partial charge is 0.409 e. The first-order chi connectivity index (χ1) is 14.2. The minimum Gasteiger partial charge on any atom is -0.497 e. The van der Waals surface area contributed by atoms with Crippen LogP contribution < -0.4 is 10.1 Å². The van der Waals surface area contributed by atoms with E-state index in [9.17, 15) is 4.79 Å². The van der Waals surface area contributed by atoms with Crippen LogP contribution >= 0.6 is 24.0 Å². The van der Waals surface area contributed by atoms with Crippen molar-refractivity contribution in [2.75, 3.05) is 59.6 Å². The molecule has 1 aliphatic heterocycles. The van der Waals surface area contributed by atoms with Gasteiger partial charge < -0.3 is 29.3 Å². The maximum Gasteiger partial charge on any atom is 0.409 e. The van der Waals surface area contributed by atoms with Crippen LogP contribution in [-0.2, 0) is 16.1 Å². The summed E-state index contributed by atoms with van der Waals surface area (Å²) in [5, 5.41) is 3.34. The van der Waals surface area contributed by atoms with Gasteiger partial charge in [-0.25, -0.2) is 4.79 Å². The van der Waals surface area contributed by atoms with E-state index in [1.807, 2.05) is 31.2 Å². The predicted molar refractivity (Wildman–Crippen MR) is 129 cm³/mol. The fraction of sp³-hybridized carbons (Fsp3) is 0.619. The Balaban J connectivity index is 0.00000450. The molecule has 0 aliphatic carbocycles. The van der Waals surface area contributed by atoms with Crippen molar-refractivity contribution in [3.8, 4) is 5.75 Å². The zero-order valence-corrected chi connectivity index (χ0v) is 20.6. The maximum absolute atomic E-state index is 11.8. The summed E-state index contributed by atoms with van der Waals surface area (Å²) in [6.45, 7) is 9.83. The van der Waals surface area contributed by atoms with Crippen LogP contribution in [0.5, 0.6) is 5.75 Å². The van der Waals surface area contributed by atoms with Gasteiger partial charge >= 0.3 is 6.09 Å². The van der Waals surface area contributed by atoms with E-state index in [2.05, 4.69) is 17.1 Å². The first kappa shape index (κ1) is 26.3. The molecule has 0 saturated carbocycles. The van der Waals surface area contributed by atoms with Gasteiger partial charge in [-0.15, -0.1) is 24.0 Å². The van der Waals surface area contributed by atoms with E-state index in [1.54, 1.807) is 12.0 Å². The molecule has 1 amide bonds. The van der Waals surface area contributed by atoms with Gasteiger partial charge in [0.15, 0.2) is 5.96 Å². The van der Waals surface area contributed by atoms with Crippen LogP contribution in [0.3, 0.4) is 0 Å². The maximum atomic E-state index is 11.8. The number of halogens is 1. The fourth-order valence-electron chi connectivity index (χ4n) is 3.00. The van der Waals surface area contributed by atoms with Crippen molar-refractivity contribution >= 4 is 36.0 Å². The molecule has 2 rings (SSSR count). The van der Waals surface area contributed by atoms with Gasteiger partial charge in [-0.3, -0.25) is 4.99 Å². The summed E-state index contributed by atoms with van der Waals surface area (Å²) in [7, 11) is 1.66. The number of hydrogen-bond donors (Lipinski definition) is 1. The van der Waals surface area contributed by atoms with Gasteiger partial charge in [-0.1, -0.05) is 12.1 Å². The Labute approximate surface area is 197 Å². The second kappa shape index (κ2) is 15.1. The summed E-state index contributed by atoms with van der Waals surface area (Å²) in [4.78, 5) is 20.5. The molecule has 30 heavy (non-hydrogen) atoms.